The Balaban J connectivity index is 1.91. The van der Waals surface area contributed by atoms with Crippen molar-refractivity contribution in [2.24, 2.45) is 7.05 Å². The molecule has 0 atom stereocenters. The van der Waals surface area contributed by atoms with Crippen LogP contribution in [0.25, 0.3) is 11.0 Å². The molecule has 0 aliphatic rings. The molecule has 0 bridgehead atoms. The Bertz CT molecular complexity index is 941. The molecule has 0 saturated carbocycles. The lowest BCUT2D eigenvalue weighted by molar-refractivity contribution is 0.0952. The number of carbonyl (C=O) groups excluding carboxylic acids is 1. The van der Waals surface area contributed by atoms with Crippen LogP contribution in [0.15, 0.2) is 35.1 Å². The van der Waals surface area contributed by atoms with Gasteiger partial charge in [-0.2, -0.15) is 0 Å². The van der Waals surface area contributed by atoms with Gasteiger partial charge in [0.25, 0.3) is 11.5 Å². The van der Waals surface area contributed by atoms with Crippen molar-refractivity contribution in [3.8, 4) is 0 Å². The first-order valence-electron chi connectivity index (χ1n) is 7.04. The van der Waals surface area contributed by atoms with E-state index in [-0.39, 0.29) is 11.5 Å². The number of aromatic amines is 1. The lowest BCUT2D eigenvalue weighted by Crippen LogP contribution is -2.24. The van der Waals surface area contributed by atoms with Gasteiger partial charge in [0.2, 0.25) is 0 Å². The minimum absolute atomic E-state index is 0.298. The number of aryl methyl sites for hydroxylation is 2. The first kappa shape index (κ1) is 15.3. The molecule has 0 saturated heterocycles. The Morgan fingerprint density at radius 1 is 1.35 bits per heavy atom. The van der Waals surface area contributed by atoms with E-state index >= 15 is 0 Å². The second kappa shape index (κ2) is 5.89. The minimum atomic E-state index is -0.327. The fourth-order valence-electron chi connectivity index (χ4n) is 2.44. The van der Waals surface area contributed by atoms with E-state index in [1.54, 1.807) is 32.2 Å². The molecule has 1 amide bonds. The lowest BCUT2D eigenvalue weighted by atomic mass is 10.1. The fourth-order valence-corrected chi connectivity index (χ4v) is 2.57. The molecule has 0 fully saturated rings. The third-order valence-corrected chi connectivity index (χ3v) is 3.81. The predicted octanol–water partition coefficient (Wildman–Crippen LogP) is 2.15. The molecular weight excluding hydrogens is 316 g/mol. The van der Waals surface area contributed by atoms with Crippen LogP contribution in [0.3, 0.4) is 0 Å². The summed E-state index contributed by atoms with van der Waals surface area (Å²) >= 11 is 5.84. The van der Waals surface area contributed by atoms with Crippen molar-refractivity contribution in [2.75, 3.05) is 0 Å². The molecule has 0 aliphatic carbocycles. The third-order valence-electron chi connectivity index (χ3n) is 3.55. The van der Waals surface area contributed by atoms with Gasteiger partial charge in [-0.1, -0.05) is 23.7 Å². The molecule has 6 nitrogen and oxygen atoms in total. The highest BCUT2D eigenvalue weighted by molar-refractivity contribution is 6.30. The second-order valence-electron chi connectivity index (χ2n) is 5.32. The summed E-state index contributed by atoms with van der Waals surface area (Å²) in [6.07, 6.45) is 0. The quantitative estimate of drug-likeness (QED) is 0.772. The van der Waals surface area contributed by atoms with Crippen molar-refractivity contribution in [3.63, 3.8) is 0 Å². The van der Waals surface area contributed by atoms with Gasteiger partial charge < -0.3 is 5.32 Å². The number of hydrogen-bond acceptors (Lipinski definition) is 3. The molecule has 0 radical (unpaired) electrons. The number of benzene rings is 1. The highest BCUT2D eigenvalue weighted by atomic mass is 35.5. The maximum Gasteiger partial charge on any atom is 0.274 e. The largest absolute Gasteiger partial charge is 0.348 e. The molecule has 118 valence electrons. The van der Waals surface area contributed by atoms with Gasteiger partial charge in [0.1, 0.15) is 0 Å². The van der Waals surface area contributed by atoms with Crippen molar-refractivity contribution in [1.82, 2.24) is 20.1 Å². The standard InChI is InChI=1S/C16H15ClN4O2/c1-9-7-12(13-14(19-9)21(2)20-16(13)23)15(22)18-8-10-3-5-11(17)6-4-10/h3-7H,8H2,1-2H3,(H,18,22)(H,20,23). The molecule has 2 heterocycles. The summed E-state index contributed by atoms with van der Waals surface area (Å²) in [7, 11) is 1.69. The number of hydrogen-bond donors (Lipinski definition) is 2. The number of rotatable bonds is 3. The van der Waals surface area contributed by atoms with Crippen molar-refractivity contribution in [3.05, 3.63) is 62.5 Å². The molecule has 2 aromatic heterocycles. The number of H-pyrrole nitrogens is 1. The van der Waals surface area contributed by atoms with Gasteiger partial charge in [0.05, 0.1) is 10.9 Å². The number of nitrogens with one attached hydrogen (secondary N) is 2. The van der Waals surface area contributed by atoms with Crippen LogP contribution in [0.2, 0.25) is 5.02 Å². The molecule has 3 aromatic rings. The van der Waals surface area contributed by atoms with Crippen molar-refractivity contribution in [1.29, 1.82) is 0 Å². The summed E-state index contributed by atoms with van der Waals surface area (Å²) in [5.74, 6) is -0.313. The molecule has 23 heavy (non-hydrogen) atoms. The normalized spacial score (nSPS) is 10.9. The van der Waals surface area contributed by atoms with Crippen molar-refractivity contribution < 1.29 is 4.79 Å². The minimum Gasteiger partial charge on any atom is -0.348 e. The Labute approximate surface area is 137 Å². The van der Waals surface area contributed by atoms with Gasteiger partial charge in [-0.3, -0.25) is 19.4 Å². The van der Waals surface area contributed by atoms with Crippen LogP contribution < -0.4 is 10.9 Å². The zero-order chi connectivity index (χ0) is 16.6. The third kappa shape index (κ3) is 2.98. The van der Waals surface area contributed by atoms with E-state index in [4.69, 9.17) is 11.6 Å². The summed E-state index contributed by atoms with van der Waals surface area (Å²) in [5.41, 5.74) is 2.05. The fraction of sp³-hybridized carbons (Fsp3) is 0.188. The van der Waals surface area contributed by atoms with Gasteiger partial charge in [0.15, 0.2) is 5.65 Å². The maximum atomic E-state index is 12.5. The number of amides is 1. The molecule has 3 rings (SSSR count). The Morgan fingerprint density at radius 3 is 2.74 bits per heavy atom. The van der Waals surface area contributed by atoms with E-state index in [0.29, 0.717) is 33.9 Å². The summed E-state index contributed by atoms with van der Waals surface area (Å²) < 4.78 is 1.51. The topological polar surface area (TPSA) is 79.8 Å². The summed E-state index contributed by atoms with van der Waals surface area (Å²) in [6, 6.07) is 8.82. The Hall–Kier alpha value is -2.60. The monoisotopic (exact) mass is 330 g/mol. The zero-order valence-electron chi connectivity index (χ0n) is 12.7. The van der Waals surface area contributed by atoms with Crippen molar-refractivity contribution >= 4 is 28.5 Å². The number of carbonyl (C=O) groups is 1. The van der Waals surface area contributed by atoms with E-state index < -0.39 is 0 Å². The van der Waals surface area contributed by atoms with E-state index in [2.05, 4.69) is 15.4 Å². The number of nitrogens with zero attached hydrogens (tertiary/aromatic N) is 2. The van der Waals surface area contributed by atoms with Gasteiger partial charge in [-0.15, -0.1) is 0 Å². The van der Waals surface area contributed by atoms with Crippen LogP contribution >= 0.6 is 11.6 Å². The van der Waals surface area contributed by atoms with E-state index in [1.165, 1.54) is 4.68 Å². The maximum absolute atomic E-state index is 12.5. The highest BCUT2D eigenvalue weighted by Gasteiger charge is 2.17. The van der Waals surface area contributed by atoms with Crippen LogP contribution in [0.5, 0.6) is 0 Å². The molecule has 1 aromatic carbocycles. The van der Waals surface area contributed by atoms with Crippen LogP contribution in [-0.4, -0.2) is 20.7 Å². The van der Waals surface area contributed by atoms with Gasteiger partial charge in [0, 0.05) is 24.3 Å². The van der Waals surface area contributed by atoms with Crippen LogP contribution in [0, 0.1) is 6.92 Å². The molecule has 0 unspecified atom stereocenters. The lowest BCUT2D eigenvalue weighted by Gasteiger charge is -2.07. The Kier molecular flexibility index (Phi) is 3.92. The second-order valence-corrected chi connectivity index (χ2v) is 5.76. The SMILES string of the molecule is Cc1cc(C(=O)NCc2ccc(Cl)cc2)c2c(=O)[nH]n(C)c2n1. The number of aromatic nitrogens is 3. The smallest absolute Gasteiger partial charge is 0.274 e. The van der Waals surface area contributed by atoms with E-state index in [9.17, 15) is 9.59 Å². The van der Waals surface area contributed by atoms with Crippen molar-refractivity contribution in [2.45, 2.75) is 13.5 Å². The van der Waals surface area contributed by atoms with E-state index in [0.717, 1.165) is 5.56 Å². The molecule has 0 spiro atoms. The first-order valence-corrected chi connectivity index (χ1v) is 7.42. The molecular formula is C16H15ClN4O2. The average molecular weight is 331 g/mol. The summed E-state index contributed by atoms with van der Waals surface area (Å²) in [5, 5.41) is 6.38. The van der Waals surface area contributed by atoms with Crippen LogP contribution in [-0.2, 0) is 13.6 Å². The molecule has 2 N–H and O–H groups in total. The highest BCUT2D eigenvalue weighted by Crippen LogP contribution is 2.15. The molecule has 7 heteroatoms. The van der Waals surface area contributed by atoms with Gasteiger partial charge in [-0.25, -0.2) is 4.98 Å². The zero-order valence-corrected chi connectivity index (χ0v) is 13.4. The molecule has 0 aliphatic heterocycles. The van der Waals surface area contributed by atoms with Gasteiger partial charge in [-0.05, 0) is 30.7 Å². The number of fused-ring (bicyclic) bond motifs is 1. The first-order chi connectivity index (χ1) is 11.0. The number of pyridine rings is 1. The summed E-state index contributed by atoms with van der Waals surface area (Å²) in [6.45, 7) is 2.14. The van der Waals surface area contributed by atoms with E-state index in [1.807, 2.05) is 12.1 Å². The summed E-state index contributed by atoms with van der Waals surface area (Å²) in [4.78, 5) is 28.8. The predicted molar refractivity (Wildman–Crippen MR) is 88.7 cm³/mol. The van der Waals surface area contributed by atoms with Crippen LogP contribution in [0.4, 0.5) is 0 Å². The van der Waals surface area contributed by atoms with Crippen LogP contribution in [0.1, 0.15) is 21.6 Å². The Morgan fingerprint density at radius 2 is 2.04 bits per heavy atom. The average Bonchev–Trinajstić information content (AvgIpc) is 2.80. The van der Waals surface area contributed by atoms with Gasteiger partial charge >= 0.3 is 0 Å². The number of halogens is 1.